The second-order valence-corrected chi connectivity index (χ2v) is 5.15. The summed E-state index contributed by atoms with van der Waals surface area (Å²) in [6.45, 7) is 8.07. The largest absolute Gasteiger partial charge is 0.308 e. The first-order chi connectivity index (χ1) is 9.74. The standard InChI is InChI=1S/C14H20N6/c1-4-11-10(8-9(3)16-17-11)13-18-19-14-12(5-2)15-6-7-20(13)14/h8,12,15H,4-7H2,1-3H3. The minimum absolute atomic E-state index is 0.297. The second-order valence-electron chi connectivity index (χ2n) is 5.15. The molecule has 1 atom stereocenters. The molecule has 2 aromatic heterocycles. The Kier molecular flexibility index (Phi) is 3.48. The van der Waals surface area contributed by atoms with Gasteiger partial charge in [-0.1, -0.05) is 13.8 Å². The average molecular weight is 272 g/mol. The molecule has 2 aromatic rings. The van der Waals surface area contributed by atoms with Crippen LogP contribution < -0.4 is 5.32 Å². The van der Waals surface area contributed by atoms with Crippen LogP contribution in [0.25, 0.3) is 11.4 Å². The topological polar surface area (TPSA) is 68.5 Å². The molecule has 20 heavy (non-hydrogen) atoms. The van der Waals surface area contributed by atoms with Crippen molar-refractivity contribution in [3.63, 3.8) is 0 Å². The summed E-state index contributed by atoms with van der Waals surface area (Å²) in [5.41, 5.74) is 2.96. The monoisotopic (exact) mass is 272 g/mol. The fourth-order valence-electron chi connectivity index (χ4n) is 2.73. The van der Waals surface area contributed by atoms with Gasteiger partial charge in [-0.05, 0) is 25.8 Å². The van der Waals surface area contributed by atoms with E-state index in [4.69, 9.17) is 0 Å². The summed E-state index contributed by atoms with van der Waals surface area (Å²) in [6.07, 6.45) is 1.87. The van der Waals surface area contributed by atoms with Gasteiger partial charge in [0.2, 0.25) is 0 Å². The molecule has 0 saturated carbocycles. The summed E-state index contributed by atoms with van der Waals surface area (Å²) in [7, 11) is 0. The first kappa shape index (κ1) is 13.2. The molecular weight excluding hydrogens is 252 g/mol. The Morgan fingerprint density at radius 1 is 1.25 bits per heavy atom. The van der Waals surface area contributed by atoms with Gasteiger partial charge in [-0.25, -0.2) is 0 Å². The second kappa shape index (κ2) is 5.28. The van der Waals surface area contributed by atoms with Crippen molar-refractivity contribution < 1.29 is 0 Å². The van der Waals surface area contributed by atoms with Crippen molar-refractivity contribution >= 4 is 0 Å². The van der Waals surface area contributed by atoms with Crippen molar-refractivity contribution in [1.82, 2.24) is 30.3 Å². The molecule has 1 aliphatic rings. The number of rotatable bonds is 3. The molecular formula is C14H20N6. The van der Waals surface area contributed by atoms with E-state index in [1.807, 2.05) is 6.92 Å². The minimum Gasteiger partial charge on any atom is -0.308 e. The summed E-state index contributed by atoms with van der Waals surface area (Å²) < 4.78 is 2.22. The molecule has 1 N–H and O–H groups in total. The number of nitrogens with one attached hydrogen (secondary N) is 1. The fourth-order valence-corrected chi connectivity index (χ4v) is 2.73. The highest BCUT2D eigenvalue weighted by Gasteiger charge is 2.25. The molecule has 0 bridgehead atoms. The van der Waals surface area contributed by atoms with Crippen LogP contribution in [-0.2, 0) is 13.0 Å². The van der Waals surface area contributed by atoms with E-state index in [1.165, 1.54) is 0 Å². The van der Waals surface area contributed by atoms with Crippen LogP contribution in [0.4, 0.5) is 0 Å². The molecule has 6 nitrogen and oxygen atoms in total. The Balaban J connectivity index is 2.12. The predicted octanol–water partition coefficient (Wildman–Crippen LogP) is 1.66. The van der Waals surface area contributed by atoms with Crippen molar-refractivity contribution in [2.45, 2.75) is 46.2 Å². The molecule has 0 radical (unpaired) electrons. The summed E-state index contributed by atoms with van der Waals surface area (Å²) in [4.78, 5) is 0. The molecule has 0 aliphatic carbocycles. The molecule has 3 rings (SSSR count). The Bertz CT molecular complexity index is 618. The maximum absolute atomic E-state index is 4.42. The SMILES string of the molecule is CCc1nnc(C)cc1-c1nnc2n1CCNC2CC. The highest BCUT2D eigenvalue weighted by atomic mass is 15.3. The normalized spacial score (nSPS) is 18.1. The first-order valence-electron chi connectivity index (χ1n) is 7.24. The van der Waals surface area contributed by atoms with E-state index in [9.17, 15) is 0 Å². The van der Waals surface area contributed by atoms with E-state index in [2.05, 4.69) is 50.2 Å². The van der Waals surface area contributed by atoms with Crippen LogP contribution in [0.5, 0.6) is 0 Å². The Morgan fingerprint density at radius 3 is 2.85 bits per heavy atom. The molecule has 6 heteroatoms. The van der Waals surface area contributed by atoms with Crippen LogP contribution in [0.15, 0.2) is 6.07 Å². The third kappa shape index (κ3) is 2.10. The van der Waals surface area contributed by atoms with E-state index < -0.39 is 0 Å². The maximum Gasteiger partial charge on any atom is 0.166 e. The van der Waals surface area contributed by atoms with Crippen molar-refractivity contribution in [3.8, 4) is 11.4 Å². The molecule has 0 aromatic carbocycles. The van der Waals surface area contributed by atoms with Gasteiger partial charge in [0.15, 0.2) is 11.6 Å². The minimum atomic E-state index is 0.297. The van der Waals surface area contributed by atoms with Crippen LogP contribution in [0.2, 0.25) is 0 Å². The quantitative estimate of drug-likeness (QED) is 0.920. The van der Waals surface area contributed by atoms with Gasteiger partial charge in [0.05, 0.1) is 17.4 Å². The first-order valence-corrected chi connectivity index (χ1v) is 7.24. The number of aromatic nitrogens is 5. The summed E-state index contributed by atoms with van der Waals surface area (Å²) >= 11 is 0. The zero-order chi connectivity index (χ0) is 14.1. The van der Waals surface area contributed by atoms with Crippen LogP contribution in [-0.4, -0.2) is 31.5 Å². The molecule has 3 heterocycles. The lowest BCUT2D eigenvalue weighted by atomic mass is 10.1. The van der Waals surface area contributed by atoms with Crippen molar-refractivity contribution in [2.75, 3.05) is 6.54 Å². The van der Waals surface area contributed by atoms with Gasteiger partial charge in [0, 0.05) is 18.7 Å². The van der Waals surface area contributed by atoms with Gasteiger partial charge < -0.3 is 9.88 Å². The lowest BCUT2D eigenvalue weighted by Gasteiger charge is -2.24. The van der Waals surface area contributed by atoms with Gasteiger partial charge in [-0.3, -0.25) is 0 Å². The molecule has 1 aliphatic heterocycles. The smallest absolute Gasteiger partial charge is 0.166 e. The van der Waals surface area contributed by atoms with E-state index in [0.29, 0.717) is 6.04 Å². The highest BCUT2D eigenvalue weighted by molar-refractivity contribution is 5.59. The number of aryl methyl sites for hydroxylation is 2. The Hall–Kier alpha value is -1.82. The lowest BCUT2D eigenvalue weighted by Crippen LogP contribution is -2.33. The van der Waals surface area contributed by atoms with E-state index in [0.717, 1.165) is 54.5 Å². The number of hydrogen-bond acceptors (Lipinski definition) is 5. The third-order valence-corrected chi connectivity index (χ3v) is 3.79. The molecule has 0 spiro atoms. The van der Waals surface area contributed by atoms with E-state index in [1.54, 1.807) is 0 Å². The van der Waals surface area contributed by atoms with E-state index >= 15 is 0 Å². The van der Waals surface area contributed by atoms with Gasteiger partial charge in [0.25, 0.3) is 0 Å². The Morgan fingerprint density at radius 2 is 2.10 bits per heavy atom. The fraction of sp³-hybridized carbons (Fsp3) is 0.571. The van der Waals surface area contributed by atoms with Crippen LogP contribution in [0, 0.1) is 6.92 Å². The van der Waals surface area contributed by atoms with Crippen molar-refractivity contribution in [1.29, 1.82) is 0 Å². The van der Waals surface area contributed by atoms with Crippen LogP contribution >= 0.6 is 0 Å². The summed E-state index contributed by atoms with van der Waals surface area (Å²) in [5, 5.41) is 20.7. The molecule has 106 valence electrons. The zero-order valence-electron chi connectivity index (χ0n) is 12.2. The molecule has 0 fully saturated rings. The van der Waals surface area contributed by atoms with Crippen molar-refractivity contribution in [2.24, 2.45) is 0 Å². The van der Waals surface area contributed by atoms with Gasteiger partial charge in [-0.15, -0.1) is 10.2 Å². The molecule has 0 amide bonds. The van der Waals surface area contributed by atoms with Gasteiger partial charge in [0.1, 0.15) is 0 Å². The van der Waals surface area contributed by atoms with Gasteiger partial charge in [-0.2, -0.15) is 10.2 Å². The zero-order valence-corrected chi connectivity index (χ0v) is 12.2. The number of hydrogen-bond donors (Lipinski definition) is 1. The van der Waals surface area contributed by atoms with Crippen LogP contribution in [0.1, 0.15) is 43.5 Å². The highest BCUT2D eigenvalue weighted by Crippen LogP contribution is 2.27. The van der Waals surface area contributed by atoms with Crippen LogP contribution in [0.3, 0.4) is 0 Å². The number of nitrogens with zero attached hydrogens (tertiary/aromatic N) is 5. The third-order valence-electron chi connectivity index (χ3n) is 3.79. The molecule has 1 unspecified atom stereocenters. The Labute approximate surface area is 118 Å². The molecule has 0 saturated heterocycles. The maximum atomic E-state index is 4.42. The van der Waals surface area contributed by atoms with Crippen molar-refractivity contribution in [3.05, 3.63) is 23.3 Å². The number of fused-ring (bicyclic) bond motifs is 1. The predicted molar refractivity (Wildman–Crippen MR) is 76.2 cm³/mol. The average Bonchev–Trinajstić information content (AvgIpc) is 2.90. The summed E-state index contributed by atoms with van der Waals surface area (Å²) in [6, 6.07) is 2.36. The van der Waals surface area contributed by atoms with E-state index in [-0.39, 0.29) is 0 Å². The van der Waals surface area contributed by atoms with Gasteiger partial charge >= 0.3 is 0 Å². The summed E-state index contributed by atoms with van der Waals surface area (Å²) in [5.74, 6) is 1.96. The lowest BCUT2D eigenvalue weighted by molar-refractivity contribution is 0.407.